The van der Waals surface area contributed by atoms with Gasteiger partial charge in [0.05, 0.1) is 11.7 Å². The van der Waals surface area contributed by atoms with Crippen molar-refractivity contribution in [3.05, 3.63) is 23.9 Å². The number of amides is 1. The summed E-state index contributed by atoms with van der Waals surface area (Å²) in [7, 11) is 4.30. The van der Waals surface area contributed by atoms with Gasteiger partial charge in [-0.05, 0) is 46.0 Å². The van der Waals surface area contributed by atoms with E-state index in [4.69, 9.17) is 4.98 Å². The Kier molecular flexibility index (Phi) is 5.77. The summed E-state index contributed by atoms with van der Waals surface area (Å²) in [6.07, 6.45) is 2.84. The van der Waals surface area contributed by atoms with E-state index in [1.807, 2.05) is 26.0 Å². The Labute approximate surface area is 133 Å². The summed E-state index contributed by atoms with van der Waals surface area (Å²) >= 11 is 0. The van der Waals surface area contributed by atoms with Gasteiger partial charge in [0.15, 0.2) is 0 Å². The van der Waals surface area contributed by atoms with E-state index in [0.717, 1.165) is 24.6 Å². The van der Waals surface area contributed by atoms with Gasteiger partial charge in [0.2, 0.25) is 5.91 Å². The minimum Gasteiger partial charge on any atom is -0.356 e. The molecule has 1 saturated heterocycles. The van der Waals surface area contributed by atoms with Gasteiger partial charge in [0.1, 0.15) is 5.82 Å². The van der Waals surface area contributed by atoms with Crippen LogP contribution in [0, 0.1) is 0 Å². The third-order valence-electron chi connectivity index (χ3n) is 4.42. The number of anilines is 1. The fourth-order valence-corrected chi connectivity index (χ4v) is 2.89. The van der Waals surface area contributed by atoms with Crippen LogP contribution in [0.15, 0.2) is 18.2 Å². The van der Waals surface area contributed by atoms with E-state index in [2.05, 4.69) is 35.3 Å². The Morgan fingerprint density at radius 2 is 2.09 bits per heavy atom. The van der Waals surface area contributed by atoms with Crippen molar-refractivity contribution in [1.82, 2.24) is 15.2 Å². The van der Waals surface area contributed by atoms with Crippen LogP contribution in [0.25, 0.3) is 0 Å². The van der Waals surface area contributed by atoms with E-state index in [1.54, 1.807) is 0 Å². The first kappa shape index (κ1) is 16.7. The lowest BCUT2D eigenvalue weighted by Gasteiger charge is -2.36. The number of carbonyl (C=O) groups is 1. The van der Waals surface area contributed by atoms with E-state index in [0.29, 0.717) is 12.5 Å². The molecule has 5 nitrogen and oxygen atoms in total. The maximum atomic E-state index is 11.5. The fourth-order valence-electron chi connectivity index (χ4n) is 2.89. The molecular weight excluding hydrogens is 276 g/mol. The quantitative estimate of drug-likeness (QED) is 0.906. The van der Waals surface area contributed by atoms with E-state index >= 15 is 0 Å². The molecule has 1 atom stereocenters. The average Bonchev–Trinajstić information content (AvgIpc) is 2.54. The lowest BCUT2D eigenvalue weighted by molar-refractivity contribution is -0.121. The standard InChI is InChI=1S/C17H28N4O/c1-5-17(22)18-13(2)15-7-6-8-16(19-15)21-11-9-14(10-12-21)20(3)4/h6-8,13-14H,5,9-12H2,1-4H3,(H,18,22)/t13-/m1/s1. The maximum absolute atomic E-state index is 11.5. The molecule has 0 bridgehead atoms. The first-order valence-corrected chi connectivity index (χ1v) is 8.19. The third kappa shape index (κ3) is 4.19. The molecule has 2 rings (SSSR count). The Bertz CT molecular complexity index is 495. The predicted octanol–water partition coefficient (Wildman–Crippen LogP) is 2.20. The van der Waals surface area contributed by atoms with Crippen LogP contribution < -0.4 is 10.2 Å². The Hall–Kier alpha value is -1.62. The Morgan fingerprint density at radius 3 is 2.68 bits per heavy atom. The third-order valence-corrected chi connectivity index (χ3v) is 4.42. The number of piperidine rings is 1. The van der Waals surface area contributed by atoms with Crippen molar-refractivity contribution in [2.75, 3.05) is 32.1 Å². The van der Waals surface area contributed by atoms with Crippen molar-refractivity contribution in [3.8, 4) is 0 Å². The van der Waals surface area contributed by atoms with Crippen LogP contribution in [0.5, 0.6) is 0 Å². The van der Waals surface area contributed by atoms with Crippen molar-refractivity contribution in [2.24, 2.45) is 0 Å². The molecule has 0 aliphatic carbocycles. The van der Waals surface area contributed by atoms with Crippen LogP contribution in [0.4, 0.5) is 5.82 Å². The van der Waals surface area contributed by atoms with Crippen LogP contribution in [0.2, 0.25) is 0 Å². The summed E-state index contributed by atoms with van der Waals surface area (Å²) in [6, 6.07) is 6.70. The largest absolute Gasteiger partial charge is 0.356 e. The zero-order valence-electron chi connectivity index (χ0n) is 14.2. The topological polar surface area (TPSA) is 48.5 Å². The van der Waals surface area contributed by atoms with Crippen LogP contribution >= 0.6 is 0 Å². The molecule has 1 N–H and O–H groups in total. The monoisotopic (exact) mass is 304 g/mol. The average molecular weight is 304 g/mol. The Balaban J connectivity index is 2.01. The number of nitrogens with zero attached hydrogens (tertiary/aromatic N) is 3. The highest BCUT2D eigenvalue weighted by Crippen LogP contribution is 2.21. The molecule has 0 unspecified atom stereocenters. The fraction of sp³-hybridized carbons (Fsp3) is 0.647. The normalized spacial score (nSPS) is 17.6. The van der Waals surface area contributed by atoms with Gasteiger partial charge >= 0.3 is 0 Å². The predicted molar refractivity (Wildman–Crippen MR) is 90.0 cm³/mol. The van der Waals surface area contributed by atoms with Crippen LogP contribution in [-0.4, -0.2) is 49.0 Å². The molecule has 0 spiro atoms. The van der Waals surface area contributed by atoms with Gasteiger partial charge < -0.3 is 15.1 Å². The Morgan fingerprint density at radius 1 is 1.41 bits per heavy atom. The first-order chi connectivity index (χ1) is 10.5. The van der Waals surface area contributed by atoms with E-state index in [-0.39, 0.29) is 11.9 Å². The summed E-state index contributed by atoms with van der Waals surface area (Å²) < 4.78 is 0. The minimum atomic E-state index is -0.0493. The summed E-state index contributed by atoms with van der Waals surface area (Å²) in [5.74, 6) is 1.08. The van der Waals surface area contributed by atoms with Crippen LogP contribution in [0.1, 0.15) is 44.8 Å². The maximum Gasteiger partial charge on any atom is 0.220 e. The van der Waals surface area contributed by atoms with Gasteiger partial charge in [-0.2, -0.15) is 0 Å². The number of hydrogen-bond donors (Lipinski definition) is 1. The molecule has 1 amide bonds. The van der Waals surface area contributed by atoms with Crippen molar-refractivity contribution < 1.29 is 4.79 Å². The van der Waals surface area contributed by atoms with E-state index in [1.165, 1.54) is 12.8 Å². The molecule has 0 saturated carbocycles. The molecule has 1 fully saturated rings. The minimum absolute atomic E-state index is 0.0493. The molecule has 1 aliphatic rings. The van der Waals surface area contributed by atoms with Crippen molar-refractivity contribution in [2.45, 2.75) is 45.2 Å². The number of aromatic nitrogens is 1. The number of rotatable bonds is 5. The van der Waals surface area contributed by atoms with E-state index < -0.39 is 0 Å². The lowest BCUT2D eigenvalue weighted by Crippen LogP contribution is -2.42. The smallest absolute Gasteiger partial charge is 0.220 e. The van der Waals surface area contributed by atoms with Gasteiger partial charge in [0, 0.05) is 25.6 Å². The summed E-state index contributed by atoms with van der Waals surface area (Å²) in [5, 5.41) is 2.97. The van der Waals surface area contributed by atoms with Gasteiger partial charge in [0.25, 0.3) is 0 Å². The summed E-state index contributed by atoms with van der Waals surface area (Å²) in [5.41, 5.74) is 0.925. The molecule has 0 radical (unpaired) electrons. The molecular formula is C17H28N4O. The van der Waals surface area contributed by atoms with Gasteiger partial charge in [-0.15, -0.1) is 0 Å². The van der Waals surface area contributed by atoms with Crippen LogP contribution in [0.3, 0.4) is 0 Å². The molecule has 22 heavy (non-hydrogen) atoms. The molecule has 1 aliphatic heterocycles. The van der Waals surface area contributed by atoms with E-state index in [9.17, 15) is 4.79 Å². The second-order valence-electron chi connectivity index (χ2n) is 6.25. The number of pyridine rings is 1. The lowest BCUT2D eigenvalue weighted by atomic mass is 10.0. The summed E-state index contributed by atoms with van der Waals surface area (Å²) in [4.78, 5) is 20.9. The number of nitrogens with one attached hydrogen (secondary N) is 1. The number of hydrogen-bond acceptors (Lipinski definition) is 4. The SMILES string of the molecule is CCC(=O)N[C@H](C)c1cccc(N2CCC(N(C)C)CC2)n1. The van der Waals surface area contributed by atoms with Crippen molar-refractivity contribution >= 4 is 11.7 Å². The molecule has 122 valence electrons. The molecule has 1 aromatic rings. The molecule has 2 heterocycles. The highest BCUT2D eigenvalue weighted by atomic mass is 16.1. The molecule has 1 aromatic heterocycles. The van der Waals surface area contributed by atoms with Gasteiger partial charge in [-0.1, -0.05) is 13.0 Å². The molecule has 5 heteroatoms. The molecule has 0 aromatic carbocycles. The zero-order chi connectivity index (χ0) is 16.1. The van der Waals surface area contributed by atoms with Crippen LogP contribution in [-0.2, 0) is 4.79 Å². The highest BCUT2D eigenvalue weighted by Gasteiger charge is 2.22. The van der Waals surface area contributed by atoms with Gasteiger partial charge in [-0.25, -0.2) is 4.98 Å². The highest BCUT2D eigenvalue weighted by molar-refractivity contribution is 5.75. The van der Waals surface area contributed by atoms with Crippen molar-refractivity contribution in [3.63, 3.8) is 0 Å². The second kappa shape index (κ2) is 7.58. The van der Waals surface area contributed by atoms with Crippen molar-refractivity contribution in [1.29, 1.82) is 0 Å². The number of carbonyl (C=O) groups excluding carboxylic acids is 1. The second-order valence-corrected chi connectivity index (χ2v) is 6.25. The first-order valence-electron chi connectivity index (χ1n) is 8.19. The van der Waals surface area contributed by atoms with Gasteiger partial charge in [-0.3, -0.25) is 4.79 Å². The zero-order valence-corrected chi connectivity index (χ0v) is 14.2. The summed E-state index contributed by atoms with van der Waals surface area (Å²) in [6.45, 7) is 5.92.